The maximum Gasteiger partial charge on any atom is 0.378 e. The van der Waals surface area contributed by atoms with Gasteiger partial charge >= 0.3 is 5.97 Å². The summed E-state index contributed by atoms with van der Waals surface area (Å²) >= 11 is 2.00. The van der Waals surface area contributed by atoms with Crippen LogP contribution < -0.4 is 4.74 Å². The van der Waals surface area contributed by atoms with Gasteiger partial charge < -0.3 is 13.9 Å². The van der Waals surface area contributed by atoms with Gasteiger partial charge in [0.2, 0.25) is 0 Å². The van der Waals surface area contributed by atoms with Crippen LogP contribution in [-0.4, -0.2) is 17.6 Å². The molecule has 0 unspecified atom stereocenters. The quantitative estimate of drug-likeness (QED) is 0.452. The van der Waals surface area contributed by atoms with Gasteiger partial charge in [0.1, 0.15) is 5.58 Å². The molecule has 23 heavy (non-hydrogen) atoms. The summed E-state index contributed by atoms with van der Waals surface area (Å²) in [7, 11) is 0. The lowest BCUT2D eigenvalue weighted by Gasteiger charge is -2.07. The molecule has 3 aromatic rings. The molecule has 0 saturated carbocycles. The number of hydrogen-bond acceptors (Lipinski definition) is 5. The van der Waals surface area contributed by atoms with E-state index in [-0.39, 0.29) is 23.9 Å². The molecule has 0 aliphatic rings. The predicted molar refractivity (Wildman–Crippen MR) is 89.2 cm³/mol. The van der Waals surface area contributed by atoms with Crippen LogP contribution in [0.25, 0.3) is 11.0 Å². The highest BCUT2D eigenvalue weighted by molar-refractivity contribution is 14.1. The number of esters is 1. The Morgan fingerprint density at radius 3 is 2.96 bits per heavy atom. The van der Waals surface area contributed by atoms with Gasteiger partial charge in [-0.15, -0.1) is 0 Å². The number of rotatable bonds is 4. The standard InChI is InChI=1S/C16H11FINO4/c1-2-21-16(20)15-14(10-8-19-6-5-12(10)22-15)23-13-4-3-9(18)7-11(13)17/h3-8H,2H2,1H3. The van der Waals surface area contributed by atoms with Gasteiger partial charge in [-0.2, -0.15) is 0 Å². The van der Waals surface area contributed by atoms with E-state index in [9.17, 15) is 9.18 Å². The van der Waals surface area contributed by atoms with E-state index in [4.69, 9.17) is 13.9 Å². The van der Waals surface area contributed by atoms with Crippen molar-refractivity contribution < 1.29 is 23.1 Å². The fourth-order valence-electron chi connectivity index (χ4n) is 2.02. The zero-order valence-corrected chi connectivity index (χ0v) is 14.2. The maximum absolute atomic E-state index is 14.0. The number of fused-ring (bicyclic) bond motifs is 1. The van der Waals surface area contributed by atoms with Crippen LogP contribution in [0.2, 0.25) is 0 Å². The molecular formula is C16H11FINO4. The van der Waals surface area contributed by atoms with Crippen molar-refractivity contribution in [1.29, 1.82) is 0 Å². The van der Waals surface area contributed by atoms with Crippen molar-refractivity contribution in [2.24, 2.45) is 0 Å². The molecule has 0 spiro atoms. The van der Waals surface area contributed by atoms with Crippen LogP contribution in [0.1, 0.15) is 17.5 Å². The van der Waals surface area contributed by atoms with Crippen LogP contribution in [0.5, 0.6) is 11.5 Å². The van der Waals surface area contributed by atoms with Crippen molar-refractivity contribution in [3.05, 3.63) is 51.8 Å². The van der Waals surface area contributed by atoms with Crippen molar-refractivity contribution in [2.45, 2.75) is 6.92 Å². The van der Waals surface area contributed by atoms with E-state index >= 15 is 0 Å². The van der Waals surface area contributed by atoms with Gasteiger partial charge in [-0.25, -0.2) is 9.18 Å². The van der Waals surface area contributed by atoms with E-state index in [2.05, 4.69) is 4.98 Å². The summed E-state index contributed by atoms with van der Waals surface area (Å²) in [5, 5.41) is 0.466. The number of aromatic nitrogens is 1. The lowest BCUT2D eigenvalue weighted by atomic mass is 10.3. The molecule has 0 aliphatic carbocycles. The van der Waals surface area contributed by atoms with Gasteiger partial charge in [-0.05, 0) is 53.8 Å². The van der Waals surface area contributed by atoms with Crippen molar-refractivity contribution in [2.75, 3.05) is 6.61 Å². The molecule has 118 valence electrons. The highest BCUT2D eigenvalue weighted by Crippen LogP contribution is 2.37. The number of nitrogens with zero attached hydrogens (tertiary/aromatic N) is 1. The van der Waals surface area contributed by atoms with Gasteiger partial charge in [0.15, 0.2) is 17.3 Å². The number of hydrogen-bond donors (Lipinski definition) is 0. The Morgan fingerprint density at radius 1 is 1.39 bits per heavy atom. The number of furan rings is 1. The van der Waals surface area contributed by atoms with E-state index in [0.29, 0.717) is 11.0 Å². The van der Waals surface area contributed by atoms with Crippen LogP contribution in [0.3, 0.4) is 0 Å². The zero-order valence-electron chi connectivity index (χ0n) is 12.0. The highest BCUT2D eigenvalue weighted by atomic mass is 127. The summed E-state index contributed by atoms with van der Waals surface area (Å²) in [5.41, 5.74) is 0.406. The Balaban J connectivity index is 2.10. The SMILES string of the molecule is CCOC(=O)c1oc2ccncc2c1Oc1ccc(I)cc1F. The zero-order chi connectivity index (χ0) is 16.4. The molecule has 7 heteroatoms. The summed E-state index contributed by atoms with van der Waals surface area (Å²) in [6, 6.07) is 6.11. The maximum atomic E-state index is 14.0. The monoisotopic (exact) mass is 427 g/mol. The molecule has 3 rings (SSSR count). The molecule has 5 nitrogen and oxygen atoms in total. The summed E-state index contributed by atoms with van der Waals surface area (Å²) in [4.78, 5) is 16.0. The Bertz CT molecular complexity index is 878. The Kier molecular flexibility index (Phi) is 4.46. The van der Waals surface area contributed by atoms with E-state index < -0.39 is 11.8 Å². The van der Waals surface area contributed by atoms with Crippen LogP contribution in [0.4, 0.5) is 4.39 Å². The summed E-state index contributed by atoms with van der Waals surface area (Å²) in [6.07, 6.45) is 3.01. The third-order valence-corrected chi connectivity index (χ3v) is 3.68. The number of carbonyl (C=O) groups excluding carboxylic acids is 1. The van der Waals surface area contributed by atoms with E-state index in [1.807, 2.05) is 22.6 Å². The Hall–Kier alpha value is -2.16. The minimum absolute atomic E-state index is 0.0116. The van der Waals surface area contributed by atoms with Gasteiger partial charge in [0.05, 0.1) is 12.0 Å². The van der Waals surface area contributed by atoms with Gasteiger partial charge in [-0.3, -0.25) is 4.98 Å². The molecule has 0 bridgehead atoms. The number of ether oxygens (including phenoxy) is 2. The Labute approximate surface area is 144 Å². The molecule has 2 aromatic heterocycles. The van der Waals surface area contributed by atoms with Crippen molar-refractivity contribution >= 4 is 39.5 Å². The average molecular weight is 427 g/mol. The van der Waals surface area contributed by atoms with Gasteiger partial charge in [0.25, 0.3) is 5.76 Å². The molecule has 0 fully saturated rings. The molecule has 0 aliphatic heterocycles. The third-order valence-electron chi connectivity index (χ3n) is 3.01. The second-order valence-corrected chi connectivity index (χ2v) is 5.78. The summed E-state index contributed by atoms with van der Waals surface area (Å²) < 4.78 is 30.8. The molecule has 2 heterocycles. The lowest BCUT2D eigenvalue weighted by molar-refractivity contribution is 0.0488. The number of carbonyl (C=O) groups is 1. The number of benzene rings is 1. The molecule has 0 N–H and O–H groups in total. The average Bonchev–Trinajstić information content (AvgIpc) is 2.89. The first-order valence-corrected chi connectivity index (χ1v) is 7.84. The van der Waals surface area contributed by atoms with Gasteiger partial charge in [0, 0.05) is 16.0 Å². The van der Waals surface area contributed by atoms with Crippen LogP contribution in [0, 0.1) is 9.39 Å². The number of pyridine rings is 1. The highest BCUT2D eigenvalue weighted by Gasteiger charge is 2.24. The normalized spacial score (nSPS) is 10.7. The lowest BCUT2D eigenvalue weighted by Crippen LogP contribution is -2.05. The first-order chi connectivity index (χ1) is 11.1. The Morgan fingerprint density at radius 2 is 2.22 bits per heavy atom. The predicted octanol–water partition coefficient (Wildman–Crippen LogP) is 4.54. The first kappa shape index (κ1) is 15.7. The van der Waals surface area contributed by atoms with Crippen LogP contribution in [0.15, 0.2) is 41.1 Å². The molecule has 0 atom stereocenters. The molecule has 0 saturated heterocycles. The molecule has 0 amide bonds. The minimum atomic E-state index is -0.676. The van der Waals surface area contributed by atoms with Crippen molar-refractivity contribution in [3.63, 3.8) is 0 Å². The van der Waals surface area contributed by atoms with Gasteiger partial charge in [-0.1, -0.05) is 0 Å². The largest absolute Gasteiger partial charge is 0.460 e. The second-order valence-electron chi connectivity index (χ2n) is 4.53. The third kappa shape index (κ3) is 3.14. The van der Waals surface area contributed by atoms with Crippen molar-refractivity contribution in [1.82, 2.24) is 4.98 Å². The minimum Gasteiger partial charge on any atom is -0.460 e. The fourth-order valence-corrected chi connectivity index (χ4v) is 2.47. The molecular weight excluding hydrogens is 416 g/mol. The van der Waals surface area contributed by atoms with E-state index in [0.717, 1.165) is 3.57 Å². The second kappa shape index (κ2) is 6.53. The smallest absolute Gasteiger partial charge is 0.378 e. The van der Waals surface area contributed by atoms with Crippen molar-refractivity contribution in [3.8, 4) is 11.5 Å². The van der Waals surface area contributed by atoms with Crippen LogP contribution in [-0.2, 0) is 4.74 Å². The summed E-state index contributed by atoms with van der Waals surface area (Å²) in [6.45, 7) is 1.87. The van der Waals surface area contributed by atoms with E-state index in [1.165, 1.54) is 24.5 Å². The number of halogens is 2. The van der Waals surface area contributed by atoms with E-state index in [1.54, 1.807) is 19.1 Å². The molecule has 1 aromatic carbocycles. The molecule has 0 radical (unpaired) electrons. The topological polar surface area (TPSA) is 61.6 Å². The summed E-state index contributed by atoms with van der Waals surface area (Å²) in [5.74, 6) is -1.25. The fraction of sp³-hybridized carbons (Fsp3) is 0.125. The first-order valence-electron chi connectivity index (χ1n) is 6.76. The van der Waals surface area contributed by atoms with Crippen LogP contribution >= 0.6 is 22.6 Å².